The van der Waals surface area contributed by atoms with Gasteiger partial charge in [-0.2, -0.15) is 0 Å². The van der Waals surface area contributed by atoms with Crippen LogP contribution in [0.4, 0.5) is 0 Å². The fraction of sp³-hybridized carbons (Fsp3) is 0.200. The fourth-order valence-corrected chi connectivity index (χ4v) is 3.18. The molecular formula is C20H19N3O. The van der Waals surface area contributed by atoms with E-state index in [2.05, 4.69) is 22.0 Å². The molecule has 0 aliphatic heterocycles. The van der Waals surface area contributed by atoms with Gasteiger partial charge in [-0.05, 0) is 32.3 Å². The summed E-state index contributed by atoms with van der Waals surface area (Å²) in [5.41, 5.74) is 2.35. The van der Waals surface area contributed by atoms with E-state index in [0.717, 1.165) is 33.7 Å². The van der Waals surface area contributed by atoms with Crippen LogP contribution in [0.5, 0.6) is 0 Å². The van der Waals surface area contributed by atoms with E-state index in [0.29, 0.717) is 12.1 Å². The van der Waals surface area contributed by atoms with Crippen LogP contribution in [-0.2, 0) is 6.54 Å². The highest BCUT2D eigenvalue weighted by molar-refractivity contribution is 6.07. The lowest BCUT2D eigenvalue weighted by molar-refractivity contribution is 0.384. The summed E-state index contributed by atoms with van der Waals surface area (Å²) in [5, 5.41) is 3.06. The molecular weight excluding hydrogens is 298 g/mol. The van der Waals surface area contributed by atoms with Crippen molar-refractivity contribution < 1.29 is 0 Å². The van der Waals surface area contributed by atoms with Crippen molar-refractivity contribution in [3.63, 3.8) is 0 Å². The van der Waals surface area contributed by atoms with Crippen LogP contribution in [0.25, 0.3) is 32.7 Å². The number of rotatable bonds is 3. The van der Waals surface area contributed by atoms with Gasteiger partial charge >= 0.3 is 0 Å². The predicted octanol–water partition coefficient (Wildman–Crippen LogP) is 3.26. The fourth-order valence-electron chi connectivity index (χ4n) is 3.18. The minimum atomic E-state index is -0.0173. The molecule has 0 fully saturated rings. The molecule has 0 atom stereocenters. The lowest BCUT2D eigenvalue weighted by Gasteiger charge is -2.15. The first-order chi connectivity index (χ1) is 11.6. The number of aromatic nitrogens is 2. The van der Waals surface area contributed by atoms with Crippen LogP contribution in [0.2, 0.25) is 0 Å². The van der Waals surface area contributed by atoms with E-state index in [1.807, 2.05) is 61.1 Å². The molecule has 0 saturated carbocycles. The number of para-hydroxylation sites is 2. The predicted molar refractivity (Wildman–Crippen MR) is 99.6 cm³/mol. The van der Waals surface area contributed by atoms with Gasteiger partial charge < -0.3 is 9.47 Å². The second kappa shape index (κ2) is 5.73. The smallest absolute Gasteiger partial charge is 0.277 e. The van der Waals surface area contributed by atoms with Crippen molar-refractivity contribution in [2.45, 2.75) is 6.54 Å². The van der Waals surface area contributed by atoms with E-state index in [4.69, 9.17) is 0 Å². The Bertz CT molecular complexity index is 1110. The van der Waals surface area contributed by atoms with Crippen molar-refractivity contribution in [1.82, 2.24) is 14.5 Å². The van der Waals surface area contributed by atoms with Crippen LogP contribution in [0.1, 0.15) is 0 Å². The van der Waals surface area contributed by atoms with E-state index in [1.165, 1.54) is 0 Å². The third-order valence-electron chi connectivity index (χ3n) is 4.43. The molecule has 120 valence electrons. The highest BCUT2D eigenvalue weighted by Crippen LogP contribution is 2.25. The Morgan fingerprint density at radius 2 is 1.75 bits per heavy atom. The van der Waals surface area contributed by atoms with E-state index < -0.39 is 0 Å². The first-order valence-electron chi connectivity index (χ1n) is 8.11. The van der Waals surface area contributed by atoms with Crippen molar-refractivity contribution in [3.8, 4) is 0 Å². The Labute approximate surface area is 140 Å². The molecule has 0 radical (unpaired) electrons. The summed E-state index contributed by atoms with van der Waals surface area (Å²) in [6, 6.07) is 18.1. The zero-order chi connectivity index (χ0) is 16.7. The van der Waals surface area contributed by atoms with Crippen LogP contribution in [0.15, 0.2) is 59.4 Å². The van der Waals surface area contributed by atoms with E-state index in [1.54, 1.807) is 0 Å². The number of nitrogens with zero attached hydrogens (tertiary/aromatic N) is 3. The molecule has 2 aromatic carbocycles. The molecule has 0 N–H and O–H groups in total. The minimum Gasteiger partial charge on any atom is -0.308 e. The summed E-state index contributed by atoms with van der Waals surface area (Å²) >= 11 is 0. The monoisotopic (exact) mass is 317 g/mol. The average Bonchev–Trinajstić information content (AvgIpc) is 2.60. The number of pyridine rings is 2. The molecule has 0 bridgehead atoms. The third kappa shape index (κ3) is 2.36. The van der Waals surface area contributed by atoms with Gasteiger partial charge in [0.15, 0.2) is 0 Å². The number of fused-ring (bicyclic) bond motifs is 4. The maximum absolute atomic E-state index is 13.1. The number of likely N-dealkylation sites (N-methyl/N-ethyl adjacent to an activating group) is 1. The lowest BCUT2D eigenvalue weighted by atomic mass is 10.1. The average molecular weight is 317 g/mol. The molecule has 4 nitrogen and oxygen atoms in total. The minimum absolute atomic E-state index is 0.0173. The van der Waals surface area contributed by atoms with Crippen molar-refractivity contribution in [2.75, 3.05) is 20.6 Å². The molecule has 0 aliphatic carbocycles. The topological polar surface area (TPSA) is 38.1 Å². The van der Waals surface area contributed by atoms with Crippen LogP contribution >= 0.6 is 0 Å². The first kappa shape index (κ1) is 14.8. The lowest BCUT2D eigenvalue weighted by Crippen LogP contribution is -2.27. The Morgan fingerprint density at radius 1 is 1.00 bits per heavy atom. The quantitative estimate of drug-likeness (QED) is 0.430. The second-order valence-corrected chi connectivity index (χ2v) is 6.35. The third-order valence-corrected chi connectivity index (χ3v) is 4.43. The van der Waals surface area contributed by atoms with Crippen LogP contribution in [-0.4, -0.2) is 35.1 Å². The van der Waals surface area contributed by atoms with Gasteiger partial charge in [-0.3, -0.25) is 4.79 Å². The zero-order valence-electron chi connectivity index (χ0n) is 13.9. The highest BCUT2D eigenvalue weighted by Gasteiger charge is 2.12. The second-order valence-electron chi connectivity index (χ2n) is 6.35. The SMILES string of the molecule is CN(C)CCn1c(=O)c2nc3ccccc3cc2c2ccccc21. The van der Waals surface area contributed by atoms with Gasteiger partial charge in [0.05, 0.1) is 11.0 Å². The summed E-state index contributed by atoms with van der Waals surface area (Å²) in [4.78, 5) is 19.8. The van der Waals surface area contributed by atoms with Crippen molar-refractivity contribution in [3.05, 3.63) is 65.0 Å². The summed E-state index contributed by atoms with van der Waals surface area (Å²) in [6.45, 7) is 1.46. The normalized spacial score (nSPS) is 11.8. The standard InChI is InChI=1S/C20H19N3O/c1-22(2)11-12-23-18-10-6-4-8-15(18)16-13-14-7-3-5-9-17(14)21-19(16)20(23)24/h3-10,13H,11-12H2,1-2H3. The molecule has 4 rings (SSSR count). The van der Waals surface area contributed by atoms with Gasteiger partial charge in [-0.1, -0.05) is 36.4 Å². The van der Waals surface area contributed by atoms with Crippen LogP contribution < -0.4 is 5.56 Å². The maximum atomic E-state index is 13.1. The Balaban J connectivity index is 2.12. The summed E-state index contributed by atoms with van der Waals surface area (Å²) in [7, 11) is 4.03. The van der Waals surface area contributed by atoms with Crippen molar-refractivity contribution >= 4 is 32.7 Å². The van der Waals surface area contributed by atoms with Gasteiger partial charge in [0.2, 0.25) is 0 Å². The molecule has 2 heterocycles. The molecule has 0 aliphatic rings. The summed E-state index contributed by atoms with van der Waals surface area (Å²) in [6.07, 6.45) is 0. The summed E-state index contributed by atoms with van der Waals surface area (Å²) in [5.74, 6) is 0. The zero-order valence-corrected chi connectivity index (χ0v) is 13.9. The Kier molecular flexibility index (Phi) is 3.54. The molecule has 0 unspecified atom stereocenters. The molecule has 0 amide bonds. The van der Waals surface area contributed by atoms with Gasteiger partial charge in [0.1, 0.15) is 5.52 Å². The molecule has 2 aromatic heterocycles. The largest absolute Gasteiger partial charge is 0.308 e. The maximum Gasteiger partial charge on any atom is 0.277 e. The Hall–Kier alpha value is -2.72. The molecule has 0 spiro atoms. The molecule has 4 aromatic rings. The van der Waals surface area contributed by atoms with E-state index in [9.17, 15) is 4.79 Å². The van der Waals surface area contributed by atoms with Gasteiger partial charge in [-0.15, -0.1) is 0 Å². The van der Waals surface area contributed by atoms with Gasteiger partial charge in [0.25, 0.3) is 5.56 Å². The van der Waals surface area contributed by atoms with Crippen LogP contribution in [0.3, 0.4) is 0 Å². The highest BCUT2D eigenvalue weighted by atomic mass is 16.1. The van der Waals surface area contributed by atoms with E-state index >= 15 is 0 Å². The van der Waals surface area contributed by atoms with Crippen molar-refractivity contribution in [1.29, 1.82) is 0 Å². The molecule has 24 heavy (non-hydrogen) atoms. The number of hydrogen-bond acceptors (Lipinski definition) is 3. The van der Waals surface area contributed by atoms with E-state index in [-0.39, 0.29) is 5.56 Å². The van der Waals surface area contributed by atoms with Gasteiger partial charge in [-0.25, -0.2) is 4.98 Å². The Morgan fingerprint density at radius 3 is 2.58 bits per heavy atom. The van der Waals surface area contributed by atoms with Gasteiger partial charge in [0, 0.05) is 29.2 Å². The first-order valence-corrected chi connectivity index (χ1v) is 8.11. The molecule has 4 heteroatoms. The molecule has 0 saturated heterocycles. The van der Waals surface area contributed by atoms with Crippen molar-refractivity contribution in [2.24, 2.45) is 0 Å². The summed E-state index contributed by atoms with van der Waals surface area (Å²) < 4.78 is 1.85. The number of hydrogen-bond donors (Lipinski definition) is 0. The van der Waals surface area contributed by atoms with Crippen LogP contribution in [0, 0.1) is 0 Å². The number of benzene rings is 2.